The van der Waals surface area contributed by atoms with Crippen molar-refractivity contribution in [2.45, 2.75) is 13.5 Å². The Morgan fingerprint density at radius 1 is 1.30 bits per heavy atom. The van der Waals surface area contributed by atoms with Crippen LogP contribution in [0.5, 0.6) is 0 Å². The molecule has 0 saturated carbocycles. The van der Waals surface area contributed by atoms with Crippen molar-refractivity contribution in [2.24, 2.45) is 0 Å². The Morgan fingerprint density at radius 2 is 2.15 bits per heavy atom. The number of hydrogen-bond donors (Lipinski definition) is 1. The van der Waals surface area contributed by atoms with Gasteiger partial charge in [0, 0.05) is 32.0 Å². The van der Waals surface area contributed by atoms with Gasteiger partial charge in [-0.25, -0.2) is 4.98 Å². The highest BCUT2D eigenvalue weighted by Gasteiger charge is 2.04. The summed E-state index contributed by atoms with van der Waals surface area (Å²) in [6.07, 6.45) is 1.81. The van der Waals surface area contributed by atoms with Crippen molar-refractivity contribution in [3.63, 3.8) is 0 Å². The molecule has 0 bridgehead atoms. The SMILES string of the molecule is CCNc1cc(CN(C)c2cccc(C#N)c2)ccn1. The molecule has 2 aromatic rings. The van der Waals surface area contributed by atoms with Crippen LogP contribution in [0.1, 0.15) is 18.1 Å². The van der Waals surface area contributed by atoms with E-state index in [1.54, 1.807) is 0 Å². The molecule has 1 heterocycles. The topological polar surface area (TPSA) is 52.0 Å². The zero-order valence-corrected chi connectivity index (χ0v) is 11.8. The van der Waals surface area contributed by atoms with E-state index in [4.69, 9.17) is 5.26 Å². The fourth-order valence-electron chi connectivity index (χ4n) is 2.03. The van der Waals surface area contributed by atoms with Crippen molar-refractivity contribution >= 4 is 11.5 Å². The zero-order chi connectivity index (χ0) is 14.4. The third-order valence-corrected chi connectivity index (χ3v) is 3.02. The number of nitrogens with zero attached hydrogens (tertiary/aromatic N) is 3. The molecule has 0 spiro atoms. The lowest BCUT2D eigenvalue weighted by atomic mass is 10.2. The first kappa shape index (κ1) is 13.9. The molecule has 1 N–H and O–H groups in total. The third kappa shape index (κ3) is 3.48. The summed E-state index contributed by atoms with van der Waals surface area (Å²) in [7, 11) is 2.02. The average molecular weight is 266 g/mol. The van der Waals surface area contributed by atoms with E-state index in [0.29, 0.717) is 5.56 Å². The molecule has 0 atom stereocenters. The monoisotopic (exact) mass is 266 g/mol. The predicted molar refractivity (Wildman–Crippen MR) is 81.7 cm³/mol. The van der Waals surface area contributed by atoms with Crippen LogP contribution in [0.4, 0.5) is 11.5 Å². The minimum absolute atomic E-state index is 0.678. The Kier molecular flexibility index (Phi) is 4.56. The predicted octanol–water partition coefficient (Wildman–Crippen LogP) is 3.02. The van der Waals surface area contributed by atoms with Crippen molar-refractivity contribution in [1.29, 1.82) is 5.26 Å². The summed E-state index contributed by atoms with van der Waals surface area (Å²) in [5.41, 5.74) is 2.89. The Morgan fingerprint density at radius 3 is 2.90 bits per heavy atom. The Hall–Kier alpha value is -2.54. The van der Waals surface area contributed by atoms with Gasteiger partial charge in [-0.1, -0.05) is 6.07 Å². The smallest absolute Gasteiger partial charge is 0.126 e. The highest BCUT2D eigenvalue weighted by Crippen LogP contribution is 2.17. The Balaban J connectivity index is 2.12. The van der Waals surface area contributed by atoms with E-state index in [1.165, 1.54) is 5.56 Å². The first-order valence-corrected chi connectivity index (χ1v) is 6.63. The molecule has 4 heteroatoms. The van der Waals surface area contributed by atoms with Crippen molar-refractivity contribution in [2.75, 3.05) is 23.8 Å². The lowest BCUT2D eigenvalue weighted by molar-refractivity contribution is 0.919. The fourth-order valence-corrected chi connectivity index (χ4v) is 2.03. The molecule has 0 aliphatic heterocycles. The van der Waals surface area contributed by atoms with E-state index in [0.717, 1.165) is 24.6 Å². The van der Waals surface area contributed by atoms with Gasteiger partial charge in [0.1, 0.15) is 5.82 Å². The molecular weight excluding hydrogens is 248 g/mol. The fraction of sp³-hybridized carbons (Fsp3) is 0.250. The maximum Gasteiger partial charge on any atom is 0.126 e. The number of nitrogens with one attached hydrogen (secondary N) is 1. The second kappa shape index (κ2) is 6.58. The summed E-state index contributed by atoms with van der Waals surface area (Å²) in [6, 6.07) is 13.8. The minimum atomic E-state index is 0.678. The first-order chi connectivity index (χ1) is 9.72. The Bertz CT molecular complexity index is 616. The average Bonchev–Trinajstić information content (AvgIpc) is 2.48. The molecule has 0 aliphatic carbocycles. The standard InChI is InChI=1S/C16H18N4/c1-3-18-16-10-14(7-8-19-16)12-20(2)15-6-4-5-13(9-15)11-17/h4-10H,3,12H2,1-2H3,(H,18,19). The van der Waals surface area contributed by atoms with Crippen LogP contribution in [0.15, 0.2) is 42.6 Å². The summed E-state index contributed by atoms with van der Waals surface area (Å²) < 4.78 is 0. The molecule has 0 unspecified atom stereocenters. The van der Waals surface area contributed by atoms with Crippen molar-refractivity contribution in [3.8, 4) is 6.07 Å². The van der Waals surface area contributed by atoms with Crippen LogP contribution in [0.25, 0.3) is 0 Å². The normalized spacial score (nSPS) is 9.85. The van der Waals surface area contributed by atoms with E-state index >= 15 is 0 Å². The van der Waals surface area contributed by atoms with Gasteiger partial charge in [0.15, 0.2) is 0 Å². The summed E-state index contributed by atoms with van der Waals surface area (Å²) in [4.78, 5) is 6.38. The van der Waals surface area contributed by atoms with Gasteiger partial charge < -0.3 is 10.2 Å². The van der Waals surface area contributed by atoms with Crippen LogP contribution in [0.3, 0.4) is 0 Å². The molecule has 0 saturated heterocycles. The molecule has 0 fully saturated rings. The van der Waals surface area contributed by atoms with Gasteiger partial charge in [0.05, 0.1) is 11.6 Å². The number of pyridine rings is 1. The number of anilines is 2. The summed E-state index contributed by atoms with van der Waals surface area (Å²) in [5.74, 6) is 0.893. The van der Waals surface area contributed by atoms with Crippen LogP contribution in [0.2, 0.25) is 0 Å². The van der Waals surface area contributed by atoms with Gasteiger partial charge in [0.2, 0.25) is 0 Å². The number of hydrogen-bond acceptors (Lipinski definition) is 4. The van der Waals surface area contributed by atoms with Gasteiger partial charge in [-0.05, 0) is 42.8 Å². The first-order valence-electron chi connectivity index (χ1n) is 6.63. The molecule has 1 aromatic heterocycles. The van der Waals surface area contributed by atoms with Gasteiger partial charge in [-0.2, -0.15) is 5.26 Å². The zero-order valence-electron chi connectivity index (χ0n) is 11.8. The van der Waals surface area contributed by atoms with E-state index in [2.05, 4.69) is 21.3 Å². The summed E-state index contributed by atoms with van der Waals surface area (Å²) in [5, 5.41) is 12.2. The Labute approximate surface area is 119 Å². The molecule has 0 amide bonds. The summed E-state index contributed by atoms with van der Waals surface area (Å²) >= 11 is 0. The molecule has 0 radical (unpaired) electrons. The van der Waals surface area contributed by atoms with Crippen LogP contribution < -0.4 is 10.2 Å². The highest BCUT2D eigenvalue weighted by atomic mass is 15.1. The lowest BCUT2D eigenvalue weighted by Gasteiger charge is -2.20. The molecule has 4 nitrogen and oxygen atoms in total. The summed E-state index contributed by atoms with van der Waals surface area (Å²) in [6.45, 7) is 3.68. The number of benzene rings is 1. The molecule has 2 rings (SSSR count). The van der Waals surface area contributed by atoms with Gasteiger partial charge >= 0.3 is 0 Å². The third-order valence-electron chi connectivity index (χ3n) is 3.02. The minimum Gasteiger partial charge on any atom is -0.370 e. The molecule has 20 heavy (non-hydrogen) atoms. The van der Waals surface area contributed by atoms with E-state index < -0.39 is 0 Å². The molecular formula is C16H18N4. The van der Waals surface area contributed by atoms with Gasteiger partial charge in [-0.3, -0.25) is 0 Å². The van der Waals surface area contributed by atoms with Crippen LogP contribution in [-0.4, -0.2) is 18.6 Å². The second-order valence-electron chi connectivity index (χ2n) is 4.60. The largest absolute Gasteiger partial charge is 0.370 e. The van der Waals surface area contributed by atoms with Crippen molar-refractivity contribution in [3.05, 3.63) is 53.7 Å². The maximum absolute atomic E-state index is 8.94. The van der Waals surface area contributed by atoms with E-state index in [1.807, 2.05) is 56.6 Å². The molecule has 1 aromatic carbocycles. The van der Waals surface area contributed by atoms with Crippen LogP contribution >= 0.6 is 0 Å². The van der Waals surface area contributed by atoms with E-state index in [9.17, 15) is 0 Å². The second-order valence-corrected chi connectivity index (χ2v) is 4.60. The maximum atomic E-state index is 8.94. The van der Waals surface area contributed by atoms with Crippen LogP contribution in [-0.2, 0) is 6.54 Å². The molecule has 0 aliphatic rings. The quantitative estimate of drug-likeness (QED) is 0.903. The van der Waals surface area contributed by atoms with E-state index in [-0.39, 0.29) is 0 Å². The van der Waals surface area contributed by atoms with Crippen molar-refractivity contribution in [1.82, 2.24) is 4.98 Å². The number of aromatic nitrogens is 1. The highest BCUT2D eigenvalue weighted by molar-refractivity contribution is 5.51. The van der Waals surface area contributed by atoms with Gasteiger partial charge in [-0.15, -0.1) is 0 Å². The lowest BCUT2D eigenvalue weighted by Crippen LogP contribution is -2.16. The molecule has 102 valence electrons. The van der Waals surface area contributed by atoms with Crippen molar-refractivity contribution < 1.29 is 0 Å². The number of rotatable bonds is 5. The van der Waals surface area contributed by atoms with Crippen LogP contribution in [0, 0.1) is 11.3 Å². The van der Waals surface area contributed by atoms with Gasteiger partial charge in [0.25, 0.3) is 0 Å². The number of nitriles is 1.